The largest absolute Gasteiger partial charge is 0.496 e. The number of methoxy groups -OCH3 is 1. The molecule has 1 amide bonds. The van der Waals surface area contributed by atoms with E-state index in [2.05, 4.69) is 28.2 Å². The Balaban J connectivity index is 0.00000200. The quantitative estimate of drug-likeness (QED) is 0.895. The van der Waals surface area contributed by atoms with Crippen molar-refractivity contribution >= 4 is 34.2 Å². The van der Waals surface area contributed by atoms with Gasteiger partial charge in [-0.05, 0) is 19.1 Å². The van der Waals surface area contributed by atoms with Crippen molar-refractivity contribution in [3.63, 3.8) is 0 Å². The highest BCUT2D eigenvalue weighted by molar-refractivity contribution is 9.10. The van der Waals surface area contributed by atoms with Crippen LogP contribution in [-0.4, -0.2) is 43.6 Å². The molecule has 0 aromatic heterocycles. The normalized spacial score (nSPS) is 18.4. The predicted molar refractivity (Wildman–Crippen MR) is 85.7 cm³/mol. The maximum absolute atomic E-state index is 12.3. The summed E-state index contributed by atoms with van der Waals surface area (Å²) in [6, 6.07) is 6.13. The summed E-state index contributed by atoms with van der Waals surface area (Å²) in [7, 11) is 1.63. The van der Waals surface area contributed by atoms with Gasteiger partial charge in [0.2, 0.25) is 5.91 Å². The number of nitrogens with one attached hydrogen (secondary N) is 1. The smallest absolute Gasteiger partial charge is 0.227 e. The number of amides is 1. The van der Waals surface area contributed by atoms with E-state index in [4.69, 9.17) is 4.74 Å². The number of hydrogen-bond donors (Lipinski definition) is 1. The SMILES string of the molecule is COc1cc(Br)ccc1CC(=O)N1CCN[C@H](C)C1.Cl. The van der Waals surface area contributed by atoms with E-state index in [1.165, 1.54) is 0 Å². The van der Waals surface area contributed by atoms with Crippen molar-refractivity contribution in [2.45, 2.75) is 19.4 Å². The van der Waals surface area contributed by atoms with E-state index >= 15 is 0 Å². The van der Waals surface area contributed by atoms with Gasteiger partial charge in [0.25, 0.3) is 0 Å². The van der Waals surface area contributed by atoms with Crippen LogP contribution >= 0.6 is 28.3 Å². The Labute approximate surface area is 134 Å². The Kier molecular flexibility index (Phi) is 6.79. The predicted octanol–water partition coefficient (Wildman–Crippen LogP) is 2.24. The lowest BCUT2D eigenvalue weighted by Gasteiger charge is -2.32. The van der Waals surface area contributed by atoms with Crippen molar-refractivity contribution < 1.29 is 9.53 Å². The van der Waals surface area contributed by atoms with E-state index in [-0.39, 0.29) is 18.3 Å². The standard InChI is InChI=1S/C14H19BrN2O2.ClH/c1-10-9-17(6-5-16-10)14(18)7-11-3-4-12(15)8-13(11)19-2;/h3-4,8,10,16H,5-7,9H2,1-2H3;1H/t10-;/m1./s1. The Morgan fingerprint density at radius 1 is 1.55 bits per heavy atom. The van der Waals surface area contributed by atoms with Crippen LogP contribution in [0.5, 0.6) is 5.75 Å². The zero-order valence-electron chi connectivity index (χ0n) is 11.7. The van der Waals surface area contributed by atoms with Crippen LogP contribution in [-0.2, 0) is 11.2 Å². The summed E-state index contributed by atoms with van der Waals surface area (Å²) in [4.78, 5) is 14.2. The lowest BCUT2D eigenvalue weighted by Crippen LogP contribution is -2.51. The van der Waals surface area contributed by atoms with Gasteiger partial charge in [0.1, 0.15) is 5.75 Å². The fourth-order valence-corrected chi connectivity index (χ4v) is 2.64. The molecule has 4 nitrogen and oxygen atoms in total. The maximum Gasteiger partial charge on any atom is 0.227 e. The van der Waals surface area contributed by atoms with Crippen molar-refractivity contribution in [3.05, 3.63) is 28.2 Å². The number of ether oxygens (including phenoxy) is 1. The van der Waals surface area contributed by atoms with Gasteiger partial charge in [-0.1, -0.05) is 22.0 Å². The summed E-state index contributed by atoms with van der Waals surface area (Å²) >= 11 is 3.40. The third-order valence-corrected chi connectivity index (χ3v) is 3.81. The van der Waals surface area contributed by atoms with Crippen LogP contribution in [0.25, 0.3) is 0 Å². The van der Waals surface area contributed by atoms with Gasteiger partial charge in [0.15, 0.2) is 0 Å². The van der Waals surface area contributed by atoms with Crippen molar-refractivity contribution in [1.82, 2.24) is 10.2 Å². The molecular formula is C14H20BrClN2O2. The molecule has 1 aliphatic rings. The highest BCUT2D eigenvalue weighted by Gasteiger charge is 2.21. The molecule has 1 fully saturated rings. The minimum Gasteiger partial charge on any atom is -0.496 e. The fourth-order valence-electron chi connectivity index (χ4n) is 2.30. The Morgan fingerprint density at radius 2 is 2.30 bits per heavy atom. The molecule has 20 heavy (non-hydrogen) atoms. The molecule has 2 rings (SSSR count). The topological polar surface area (TPSA) is 41.6 Å². The molecule has 0 aliphatic carbocycles. The van der Waals surface area contributed by atoms with Gasteiger partial charge in [-0.15, -0.1) is 12.4 Å². The second kappa shape index (κ2) is 7.86. The molecule has 0 saturated carbocycles. The second-order valence-corrected chi connectivity index (χ2v) is 5.74. The molecule has 0 radical (unpaired) electrons. The molecule has 112 valence electrons. The minimum atomic E-state index is 0. The number of carbonyl (C=O) groups excluding carboxylic acids is 1. The molecule has 0 bridgehead atoms. The van der Waals surface area contributed by atoms with Gasteiger partial charge < -0.3 is 15.0 Å². The van der Waals surface area contributed by atoms with Gasteiger partial charge in [0.05, 0.1) is 13.5 Å². The second-order valence-electron chi connectivity index (χ2n) is 4.83. The van der Waals surface area contributed by atoms with Crippen molar-refractivity contribution in [1.29, 1.82) is 0 Å². The first-order valence-electron chi connectivity index (χ1n) is 6.43. The third kappa shape index (κ3) is 4.36. The molecule has 1 atom stereocenters. The van der Waals surface area contributed by atoms with E-state index < -0.39 is 0 Å². The van der Waals surface area contributed by atoms with Crippen molar-refractivity contribution in [3.8, 4) is 5.75 Å². The van der Waals surface area contributed by atoms with Crippen LogP contribution in [0.15, 0.2) is 22.7 Å². The minimum absolute atomic E-state index is 0. The monoisotopic (exact) mass is 362 g/mol. The summed E-state index contributed by atoms with van der Waals surface area (Å²) in [5, 5.41) is 3.34. The van der Waals surface area contributed by atoms with Gasteiger partial charge in [-0.25, -0.2) is 0 Å². The number of piperazine rings is 1. The van der Waals surface area contributed by atoms with Crippen LogP contribution < -0.4 is 10.1 Å². The summed E-state index contributed by atoms with van der Waals surface area (Å²) in [5.41, 5.74) is 0.932. The average molecular weight is 364 g/mol. The van der Waals surface area contributed by atoms with Crippen LogP contribution in [0.4, 0.5) is 0 Å². The van der Waals surface area contributed by atoms with Gasteiger partial charge in [-0.2, -0.15) is 0 Å². The summed E-state index contributed by atoms with van der Waals surface area (Å²) < 4.78 is 6.28. The first-order chi connectivity index (χ1) is 9.10. The molecule has 1 heterocycles. The third-order valence-electron chi connectivity index (χ3n) is 3.31. The molecule has 0 spiro atoms. The van der Waals surface area contributed by atoms with Crippen LogP contribution in [0.3, 0.4) is 0 Å². The van der Waals surface area contributed by atoms with Gasteiger partial charge >= 0.3 is 0 Å². The summed E-state index contributed by atoms with van der Waals surface area (Å²) in [6.07, 6.45) is 0.392. The van der Waals surface area contributed by atoms with E-state index in [1.807, 2.05) is 23.1 Å². The van der Waals surface area contributed by atoms with E-state index in [0.717, 1.165) is 35.4 Å². The molecule has 1 N–H and O–H groups in total. The first-order valence-corrected chi connectivity index (χ1v) is 7.23. The van der Waals surface area contributed by atoms with E-state index in [9.17, 15) is 4.79 Å². The summed E-state index contributed by atoms with van der Waals surface area (Å²) in [5.74, 6) is 0.917. The lowest BCUT2D eigenvalue weighted by atomic mass is 10.1. The van der Waals surface area contributed by atoms with Gasteiger partial charge in [-0.3, -0.25) is 4.79 Å². The van der Waals surface area contributed by atoms with E-state index in [1.54, 1.807) is 7.11 Å². The number of rotatable bonds is 3. The number of halogens is 2. The fraction of sp³-hybridized carbons (Fsp3) is 0.500. The maximum atomic E-state index is 12.3. The number of carbonyl (C=O) groups is 1. The number of benzene rings is 1. The average Bonchev–Trinajstić information content (AvgIpc) is 2.40. The van der Waals surface area contributed by atoms with Gasteiger partial charge in [0, 0.05) is 35.7 Å². The highest BCUT2D eigenvalue weighted by Crippen LogP contribution is 2.24. The Morgan fingerprint density at radius 3 is 2.95 bits per heavy atom. The molecule has 1 saturated heterocycles. The molecule has 1 aliphatic heterocycles. The molecular weight excluding hydrogens is 344 g/mol. The molecule has 1 aromatic rings. The molecule has 1 aromatic carbocycles. The van der Waals surface area contributed by atoms with Crippen LogP contribution in [0.1, 0.15) is 12.5 Å². The van der Waals surface area contributed by atoms with Crippen molar-refractivity contribution in [2.75, 3.05) is 26.7 Å². The Hall–Kier alpha value is -0.780. The van der Waals surface area contributed by atoms with Crippen LogP contribution in [0, 0.1) is 0 Å². The first kappa shape index (κ1) is 17.3. The van der Waals surface area contributed by atoms with E-state index in [0.29, 0.717) is 12.5 Å². The highest BCUT2D eigenvalue weighted by atomic mass is 79.9. The lowest BCUT2D eigenvalue weighted by molar-refractivity contribution is -0.131. The number of hydrogen-bond acceptors (Lipinski definition) is 3. The van der Waals surface area contributed by atoms with Crippen LogP contribution in [0.2, 0.25) is 0 Å². The zero-order chi connectivity index (χ0) is 13.8. The zero-order valence-corrected chi connectivity index (χ0v) is 14.1. The summed E-state index contributed by atoms with van der Waals surface area (Å²) in [6.45, 7) is 4.52. The molecule has 0 unspecified atom stereocenters. The van der Waals surface area contributed by atoms with Crippen molar-refractivity contribution in [2.24, 2.45) is 0 Å². The number of nitrogens with zero attached hydrogens (tertiary/aromatic N) is 1. The molecule has 6 heteroatoms. The Bertz CT molecular complexity index is 470.